The standard InChI is InChI=1S/C15H20N2O3/c1-4-15(3,19)10-17-14(18)11(2)20-13-8-6-5-7-12(13)9-16/h5-8,11,19H,4,10H2,1-3H3,(H,17,18). The third-order valence-electron chi connectivity index (χ3n) is 3.09. The van der Waals surface area contributed by atoms with E-state index in [9.17, 15) is 9.90 Å². The van der Waals surface area contributed by atoms with E-state index < -0.39 is 11.7 Å². The summed E-state index contributed by atoms with van der Waals surface area (Å²) in [4.78, 5) is 11.9. The van der Waals surface area contributed by atoms with Crippen molar-refractivity contribution in [2.75, 3.05) is 6.54 Å². The summed E-state index contributed by atoms with van der Waals surface area (Å²) in [5.41, 5.74) is -0.548. The molecule has 108 valence electrons. The number of para-hydroxylation sites is 1. The van der Waals surface area contributed by atoms with Gasteiger partial charge in [-0.25, -0.2) is 0 Å². The molecule has 0 aliphatic heterocycles. The lowest BCUT2D eigenvalue weighted by molar-refractivity contribution is -0.128. The molecule has 0 saturated heterocycles. The largest absolute Gasteiger partial charge is 0.480 e. The first kappa shape index (κ1) is 16.0. The van der Waals surface area contributed by atoms with Gasteiger partial charge in [-0.1, -0.05) is 19.1 Å². The van der Waals surface area contributed by atoms with Crippen molar-refractivity contribution in [1.82, 2.24) is 5.32 Å². The molecule has 0 aliphatic carbocycles. The van der Waals surface area contributed by atoms with Crippen LogP contribution in [-0.2, 0) is 4.79 Å². The Kier molecular flexibility index (Phi) is 5.53. The summed E-state index contributed by atoms with van der Waals surface area (Å²) < 4.78 is 5.48. The van der Waals surface area contributed by atoms with Gasteiger partial charge in [0.25, 0.3) is 5.91 Å². The summed E-state index contributed by atoms with van der Waals surface area (Å²) >= 11 is 0. The minimum atomic E-state index is -0.931. The summed E-state index contributed by atoms with van der Waals surface area (Å²) in [5.74, 6) is 0.0476. The number of benzene rings is 1. The number of aliphatic hydroxyl groups is 1. The highest BCUT2D eigenvalue weighted by molar-refractivity contribution is 5.80. The zero-order valence-electron chi connectivity index (χ0n) is 12.0. The first-order chi connectivity index (χ1) is 9.39. The molecule has 5 heteroatoms. The number of nitrogens with zero attached hydrogens (tertiary/aromatic N) is 1. The maximum atomic E-state index is 11.9. The molecule has 0 radical (unpaired) electrons. The lowest BCUT2D eigenvalue weighted by Gasteiger charge is -2.23. The fourth-order valence-corrected chi connectivity index (χ4v) is 1.45. The molecule has 0 saturated carbocycles. The van der Waals surface area contributed by atoms with Gasteiger partial charge >= 0.3 is 0 Å². The Morgan fingerprint density at radius 3 is 2.80 bits per heavy atom. The van der Waals surface area contributed by atoms with E-state index in [1.165, 1.54) is 0 Å². The van der Waals surface area contributed by atoms with Crippen LogP contribution >= 0.6 is 0 Å². The average molecular weight is 276 g/mol. The molecular formula is C15H20N2O3. The predicted octanol–water partition coefficient (Wildman–Crippen LogP) is 1.60. The summed E-state index contributed by atoms with van der Waals surface area (Å²) in [6.07, 6.45) is -0.197. The highest BCUT2D eigenvalue weighted by Crippen LogP contribution is 2.18. The molecule has 1 aromatic rings. The third kappa shape index (κ3) is 4.56. The van der Waals surface area contributed by atoms with Crippen LogP contribution < -0.4 is 10.1 Å². The van der Waals surface area contributed by atoms with Crippen molar-refractivity contribution < 1.29 is 14.6 Å². The van der Waals surface area contributed by atoms with E-state index in [2.05, 4.69) is 5.32 Å². The van der Waals surface area contributed by atoms with Crippen molar-refractivity contribution in [2.45, 2.75) is 38.9 Å². The van der Waals surface area contributed by atoms with Crippen LogP contribution in [0.3, 0.4) is 0 Å². The normalized spacial score (nSPS) is 14.8. The number of hydrogen-bond donors (Lipinski definition) is 2. The Labute approximate surface area is 119 Å². The minimum absolute atomic E-state index is 0.163. The molecule has 2 unspecified atom stereocenters. The Bertz CT molecular complexity index is 506. The molecular weight excluding hydrogens is 256 g/mol. The van der Waals surface area contributed by atoms with E-state index in [0.29, 0.717) is 17.7 Å². The van der Waals surface area contributed by atoms with E-state index in [1.807, 2.05) is 13.0 Å². The van der Waals surface area contributed by atoms with E-state index in [-0.39, 0.29) is 12.5 Å². The second-order valence-corrected chi connectivity index (χ2v) is 4.94. The lowest BCUT2D eigenvalue weighted by atomic mass is 10.0. The van der Waals surface area contributed by atoms with Gasteiger partial charge in [-0.15, -0.1) is 0 Å². The fourth-order valence-electron chi connectivity index (χ4n) is 1.45. The highest BCUT2D eigenvalue weighted by Gasteiger charge is 2.21. The zero-order valence-corrected chi connectivity index (χ0v) is 12.0. The van der Waals surface area contributed by atoms with Crippen molar-refractivity contribution >= 4 is 5.91 Å². The van der Waals surface area contributed by atoms with Crippen LogP contribution in [0.2, 0.25) is 0 Å². The molecule has 0 spiro atoms. The second-order valence-electron chi connectivity index (χ2n) is 4.94. The van der Waals surface area contributed by atoms with Gasteiger partial charge in [0, 0.05) is 6.54 Å². The number of carbonyl (C=O) groups excluding carboxylic acids is 1. The number of nitrogens with one attached hydrogen (secondary N) is 1. The monoisotopic (exact) mass is 276 g/mol. The number of rotatable bonds is 6. The second kappa shape index (κ2) is 6.92. The molecule has 0 bridgehead atoms. The molecule has 0 heterocycles. The molecule has 20 heavy (non-hydrogen) atoms. The van der Waals surface area contributed by atoms with E-state index >= 15 is 0 Å². The number of ether oxygens (including phenoxy) is 1. The van der Waals surface area contributed by atoms with Gasteiger partial charge in [-0.05, 0) is 32.4 Å². The minimum Gasteiger partial charge on any atom is -0.480 e. The third-order valence-corrected chi connectivity index (χ3v) is 3.09. The van der Waals surface area contributed by atoms with Crippen LogP contribution in [0.1, 0.15) is 32.8 Å². The van der Waals surface area contributed by atoms with Gasteiger partial charge < -0.3 is 15.2 Å². The van der Waals surface area contributed by atoms with Crippen LogP contribution in [0.25, 0.3) is 0 Å². The number of hydrogen-bond acceptors (Lipinski definition) is 4. The zero-order chi connectivity index (χ0) is 15.2. The SMILES string of the molecule is CCC(C)(O)CNC(=O)C(C)Oc1ccccc1C#N. The van der Waals surface area contributed by atoms with Crippen LogP contribution in [-0.4, -0.2) is 29.3 Å². The van der Waals surface area contributed by atoms with Crippen molar-refractivity contribution in [3.8, 4) is 11.8 Å². The van der Waals surface area contributed by atoms with E-state index in [4.69, 9.17) is 10.00 Å². The average Bonchev–Trinajstić information content (AvgIpc) is 2.45. The Morgan fingerprint density at radius 1 is 1.55 bits per heavy atom. The quantitative estimate of drug-likeness (QED) is 0.827. The first-order valence-corrected chi connectivity index (χ1v) is 6.55. The molecule has 1 rings (SSSR count). The predicted molar refractivity (Wildman–Crippen MR) is 75.2 cm³/mol. The maximum Gasteiger partial charge on any atom is 0.260 e. The van der Waals surface area contributed by atoms with Crippen molar-refractivity contribution in [2.24, 2.45) is 0 Å². The summed E-state index contributed by atoms with van der Waals surface area (Å²) in [6.45, 7) is 5.26. The Morgan fingerprint density at radius 2 is 2.20 bits per heavy atom. The summed E-state index contributed by atoms with van der Waals surface area (Å²) in [5, 5.41) is 21.4. The smallest absolute Gasteiger partial charge is 0.260 e. The van der Waals surface area contributed by atoms with Crippen LogP contribution in [0.15, 0.2) is 24.3 Å². The summed E-state index contributed by atoms with van der Waals surface area (Å²) in [6, 6.07) is 8.75. The topological polar surface area (TPSA) is 82.3 Å². The molecule has 0 fully saturated rings. The molecule has 0 aromatic heterocycles. The first-order valence-electron chi connectivity index (χ1n) is 6.55. The van der Waals surface area contributed by atoms with Crippen LogP contribution in [0.5, 0.6) is 5.75 Å². The van der Waals surface area contributed by atoms with Gasteiger partial charge in [0.1, 0.15) is 11.8 Å². The van der Waals surface area contributed by atoms with E-state index in [1.54, 1.807) is 38.1 Å². The van der Waals surface area contributed by atoms with Gasteiger partial charge in [0.15, 0.2) is 6.10 Å². The molecule has 1 aromatic carbocycles. The fraction of sp³-hybridized carbons (Fsp3) is 0.467. The van der Waals surface area contributed by atoms with Gasteiger partial charge in [-0.2, -0.15) is 5.26 Å². The van der Waals surface area contributed by atoms with Gasteiger partial charge in [0.2, 0.25) is 0 Å². The van der Waals surface area contributed by atoms with Gasteiger partial charge in [0.05, 0.1) is 11.2 Å². The number of nitriles is 1. The van der Waals surface area contributed by atoms with Crippen LogP contribution in [0, 0.1) is 11.3 Å². The maximum absolute atomic E-state index is 11.9. The highest BCUT2D eigenvalue weighted by atomic mass is 16.5. The lowest BCUT2D eigenvalue weighted by Crippen LogP contribution is -2.44. The van der Waals surface area contributed by atoms with Gasteiger partial charge in [-0.3, -0.25) is 4.79 Å². The summed E-state index contributed by atoms with van der Waals surface area (Å²) in [7, 11) is 0. The van der Waals surface area contributed by atoms with Crippen molar-refractivity contribution in [3.05, 3.63) is 29.8 Å². The molecule has 0 aliphatic rings. The molecule has 2 N–H and O–H groups in total. The van der Waals surface area contributed by atoms with Crippen molar-refractivity contribution in [3.63, 3.8) is 0 Å². The molecule has 1 amide bonds. The van der Waals surface area contributed by atoms with E-state index in [0.717, 1.165) is 0 Å². The van der Waals surface area contributed by atoms with Crippen molar-refractivity contribution in [1.29, 1.82) is 5.26 Å². The Hall–Kier alpha value is -2.06. The molecule has 5 nitrogen and oxygen atoms in total. The Balaban J connectivity index is 2.60. The van der Waals surface area contributed by atoms with Crippen LogP contribution in [0.4, 0.5) is 0 Å². The molecule has 2 atom stereocenters. The number of amides is 1. The number of carbonyl (C=O) groups is 1.